The molecule has 0 bridgehead atoms. The molecule has 3 nitrogen and oxygen atoms in total. The molecule has 0 radical (unpaired) electrons. The Bertz CT molecular complexity index is 252. The van der Waals surface area contributed by atoms with Crippen LogP contribution >= 0.6 is 0 Å². The lowest BCUT2D eigenvalue weighted by atomic mass is 10.2. The minimum absolute atomic E-state index is 0.332. The van der Waals surface area contributed by atoms with Crippen LogP contribution in [0.4, 0.5) is 0 Å². The third-order valence-electron chi connectivity index (χ3n) is 1.91. The number of carbonyl (C=O) groups is 1. The van der Waals surface area contributed by atoms with E-state index in [4.69, 9.17) is 10.2 Å². The van der Waals surface area contributed by atoms with Crippen molar-refractivity contribution >= 4 is 5.97 Å². The number of aliphatic carboxylic acids is 1. The van der Waals surface area contributed by atoms with Crippen LogP contribution in [-0.2, 0) is 4.79 Å². The van der Waals surface area contributed by atoms with Gasteiger partial charge in [-0.25, -0.2) is 4.79 Å². The Labute approximate surface area is 97.8 Å². The van der Waals surface area contributed by atoms with Gasteiger partial charge in [0.1, 0.15) is 0 Å². The molecule has 0 aliphatic carbocycles. The van der Waals surface area contributed by atoms with Crippen molar-refractivity contribution in [2.24, 2.45) is 0 Å². The summed E-state index contributed by atoms with van der Waals surface area (Å²) >= 11 is 0. The predicted octanol–water partition coefficient (Wildman–Crippen LogP) is 2.93. The highest BCUT2D eigenvalue weighted by molar-refractivity contribution is 5.85. The van der Waals surface area contributed by atoms with Gasteiger partial charge in [0.2, 0.25) is 0 Å². The zero-order valence-electron chi connectivity index (χ0n) is 10.3. The first-order valence-electron chi connectivity index (χ1n) is 5.27. The summed E-state index contributed by atoms with van der Waals surface area (Å²) in [6.07, 6.45) is 8.52. The van der Waals surface area contributed by atoms with Crippen molar-refractivity contribution in [3.05, 3.63) is 36.5 Å². The molecule has 0 heterocycles. The first-order chi connectivity index (χ1) is 7.49. The molecule has 0 rings (SSSR count). The van der Waals surface area contributed by atoms with Crippen LogP contribution in [-0.4, -0.2) is 22.3 Å². The van der Waals surface area contributed by atoms with Gasteiger partial charge >= 0.3 is 5.97 Å². The fourth-order valence-corrected chi connectivity index (χ4v) is 0.675. The fraction of sp³-hybridized carbons (Fsp3) is 0.462. The summed E-state index contributed by atoms with van der Waals surface area (Å²) in [5.41, 5.74) is 0.389. The van der Waals surface area contributed by atoms with Crippen molar-refractivity contribution in [1.82, 2.24) is 0 Å². The molecule has 1 unspecified atom stereocenters. The monoisotopic (exact) mass is 226 g/mol. The van der Waals surface area contributed by atoms with Gasteiger partial charge in [0, 0.05) is 5.57 Å². The molecule has 0 spiro atoms. The smallest absolute Gasteiger partial charge is 0.330 e. The van der Waals surface area contributed by atoms with E-state index in [2.05, 4.69) is 6.58 Å². The predicted molar refractivity (Wildman–Crippen MR) is 67.3 cm³/mol. The van der Waals surface area contributed by atoms with E-state index < -0.39 is 5.97 Å². The van der Waals surface area contributed by atoms with Gasteiger partial charge in [0.25, 0.3) is 0 Å². The highest BCUT2D eigenvalue weighted by Crippen LogP contribution is 1.97. The Kier molecular flexibility index (Phi) is 12.5. The summed E-state index contributed by atoms with van der Waals surface area (Å²) in [6.45, 7) is 8.69. The van der Waals surface area contributed by atoms with Crippen LogP contribution in [0.1, 0.15) is 33.6 Å². The number of hydrogen-bond donors (Lipinski definition) is 2. The van der Waals surface area contributed by atoms with Crippen LogP contribution in [0.25, 0.3) is 0 Å². The molecule has 0 aromatic rings. The Morgan fingerprint density at radius 3 is 2.25 bits per heavy atom. The zero-order chi connectivity index (χ0) is 13.0. The summed E-state index contributed by atoms with van der Waals surface area (Å²) in [4.78, 5) is 9.86. The van der Waals surface area contributed by atoms with Gasteiger partial charge < -0.3 is 10.2 Å². The minimum Gasteiger partial charge on any atom is -0.478 e. The number of aliphatic hydroxyl groups excluding tert-OH is 1. The molecule has 0 aliphatic heterocycles. The molecule has 1 atom stereocenters. The highest BCUT2D eigenvalue weighted by atomic mass is 16.4. The van der Waals surface area contributed by atoms with Gasteiger partial charge in [0.05, 0.1) is 6.10 Å². The Morgan fingerprint density at radius 2 is 2.00 bits per heavy atom. The maximum absolute atomic E-state index is 9.86. The molecule has 92 valence electrons. The first kappa shape index (κ1) is 17.1. The van der Waals surface area contributed by atoms with E-state index >= 15 is 0 Å². The summed E-state index contributed by atoms with van der Waals surface area (Å²) in [7, 11) is 0. The van der Waals surface area contributed by atoms with E-state index in [-0.39, 0.29) is 6.10 Å². The lowest BCUT2D eigenvalue weighted by Gasteiger charge is -1.99. The van der Waals surface area contributed by atoms with Gasteiger partial charge in [-0.3, -0.25) is 0 Å². The topological polar surface area (TPSA) is 57.5 Å². The summed E-state index contributed by atoms with van der Waals surface area (Å²) in [5, 5.41) is 17.0. The molecule has 3 heteroatoms. The SMILES string of the molecule is C/C=C(\C)C(=O)O.C=CC(O)CCC=CC. The molecule has 0 saturated carbocycles. The van der Waals surface area contributed by atoms with Crippen LogP contribution in [0.5, 0.6) is 0 Å². The average molecular weight is 226 g/mol. The fourth-order valence-electron chi connectivity index (χ4n) is 0.675. The number of hydrogen-bond acceptors (Lipinski definition) is 2. The minimum atomic E-state index is -0.845. The average Bonchev–Trinajstić information content (AvgIpc) is 2.28. The van der Waals surface area contributed by atoms with Crippen LogP contribution in [0, 0.1) is 0 Å². The van der Waals surface area contributed by atoms with Crippen molar-refractivity contribution in [2.45, 2.75) is 39.7 Å². The second-order valence-electron chi connectivity index (χ2n) is 3.23. The molecule has 0 amide bonds. The molecule has 0 fully saturated rings. The van der Waals surface area contributed by atoms with Crippen molar-refractivity contribution in [2.75, 3.05) is 0 Å². The van der Waals surface area contributed by atoms with E-state index in [0.717, 1.165) is 12.8 Å². The summed E-state index contributed by atoms with van der Waals surface area (Å²) < 4.78 is 0. The maximum atomic E-state index is 9.86. The van der Waals surface area contributed by atoms with Crippen LogP contribution in [0.2, 0.25) is 0 Å². The van der Waals surface area contributed by atoms with E-state index in [1.54, 1.807) is 26.0 Å². The van der Waals surface area contributed by atoms with Crippen molar-refractivity contribution in [3.8, 4) is 0 Å². The quantitative estimate of drug-likeness (QED) is 0.559. The van der Waals surface area contributed by atoms with Gasteiger partial charge in [-0.05, 0) is 33.6 Å². The van der Waals surface area contributed by atoms with E-state index in [9.17, 15) is 4.79 Å². The third kappa shape index (κ3) is 12.7. The molecule has 0 aliphatic rings. The molecule has 0 aromatic carbocycles. The second kappa shape index (κ2) is 11.7. The number of allylic oxidation sites excluding steroid dienone is 3. The third-order valence-corrected chi connectivity index (χ3v) is 1.91. The molecule has 16 heavy (non-hydrogen) atoms. The van der Waals surface area contributed by atoms with E-state index in [0.29, 0.717) is 5.57 Å². The highest BCUT2D eigenvalue weighted by Gasteiger charge is 1.93. The number of carboxylic acid groups (broad SMARTS) is 1. The van der Waals surface area contributed by atoms with E-state index in [1.165, 1.54) is 0 Å². The Hall–Kier alpha value is -1.35. The standard InChI is InChI=1S/C8H14O.C5H8O2/c1-3-5-6-7-8(9)4-2;1-3-4(2)5(6)7/h3-5,8-9H,2,6-7H2,1H3;3H,1-2H3,(H,6,7)/b;4-3+. The molecule has 0 saturated heterocycles. The summed E-state index contributed by atoms with van der Waals surface area (Å²) in [6, 6.07) is 0. The number of carboxylic acids is 1. The van der Waals surface area contributed by atoms with Crippen molar-refractivity contribution in [3.63, 3.8) is 0 Å². The lowest BCUT2D eigenvalue weighted by molar-refractivity contribution is -0.132. The number of aliphatic hydroxyl groups is 1. The van der Waals surface area contributed by atoms with E-state index in [1.807, 2.05) is 19.1 Å². The lowest BCUT2D eigenvalue weighted by Crippen LogP contribution is -1.98. The van der Waals surface area contributed by atoms with Crippen LogP contribution in [0.15, 0.2) is 36.5 Å². The molecule has 0 aromatic heterocycles. The summed E-state index contributed by atoms with van der Waals surface area (Å²) in [5.74, 6) is -0.845. The first-order valence-corrected chi connectivity index (χ1v) is 5.27. The van der Waals surface area contributed by atoms with Crippen LogP contribution in [0.3, 0.4) is 0 Å². The molecule has 2 N–H and O–H groups in total. The van der Waals surface area contributed by atoms with Gasteiger partial charge in [0.15, 0.2) is 0 Å². The zero-order valence-corrected chi connectivity index (χ0v) is 10.3. The van der Waals surface area contributed by atoms with Crippen molar-refractivity contribution in [1.29, 1.82) is 0 Å². The van der Waals surface area contributed by atoms with Crippen LogP contribution < -0.4 is 0 Å². The Morgan fingerprint density at radius 1 is 1.44 bits per heavy atom. The second-order valence-corrected chi connectivity index (χ2v) is 3.23. The number of rotatable bonds is 5. The Balaban J connectivity index is 0. The van der Waals surface area contributed by atoms with Crippen molar-refractivity contribution < 1.29 is 15.0 Å². The largest absolute Gasteiger partial charge is 0.478 e. The van der Waals surface area contributed by atoms with Gasteiger partial charge in [-0.1, -0.05) is 24.3 Å². The van der Waals surface area contributed by atoms with Gasteiger partial charge in [-0.15, -0.1) is 6.58 Å². The molecular formula is C13H22O3. The molecular weight excluding hydrogens is 204 g/mol. The maximum Gasteiger partial charge on any atom is 0.330 e. The normalized spacial score (nSPS) is 12.9. The van der Waals surface area contributed by atoms with Gasteiger partial charge in [-0.2, -0.15) is 0 Å².